The van der Waals surface area contributed by atoms with Crippen LogP contribution in [0.2, 0.25) is 5.02 Å². The molecular weight excluding hydrogens is 469 g/mol. The van der Waals surface area contributed by atoms with Gasteiger partial charge in [-0.05, 0) is 6.07 Å². The monoisotopic (exact) mass is 484 g/mol. The number of thiazole rings is 1. The number of anilines is 2. The number of carbonyl (C=O) groups is 2. The van der Waals surface area contributed by atoms with Crippen molar-refractivity contribution in [2.45, 2.75) is 25.4 Å². The summed E-state index contributed by atoms with van der Waals surface area (Å²) in [5, 5.41) is 5.08. The van der Waals surface area contributed by atoms with Crippen LogP contribution in [0.25, 0.3) is 0 Å². The first kappa shape index (κ1) is 23.5. The number of amides is 1. The van der Waals surface area contributed by atoms with Crippen LogP contribution in [0.15, 0.2) is 30.9 Å². The number of nitrogens with zero attached hydrogens (tertiary/aromatic N) is 4. The second-order valence-corrected chi connectivity index (χ2v) is 8.10. The Balaban J connectivity index is 1.68. The Bertz CT molecular complexity index is 1150. The van der Waals surface area contributed by atoms with Crippen LogP contribution in [0.4, 0.5) is 24.8 Å². The zero-order valence-electron chi connectivity index (χ0n) is 16.7. The number of aromatic nitrogens is 4. The Labute approximate surface area is 189 Å². The average molecular weight is 485 g/mol. The van der Waals surface area contributed by atoms with E-state index in [1.54, 1.807) is 14.0 Å². The highest BCUT2D eigenvalue weighted by atomic mass is 35.5. The van der Waals surface area contributed by atoms with E-state index in [1.165, 1.54) is 18.6 Å². The molecule has 0 bridgehead atoms. The number of halogens is 4. The molecule has 3 rings (SSSR count). The molecule has 0 spiro atoms. The summed E-state index contributed by atoms with van der Waals surface area (Å²) in [6.07, 6.45) is -1.19. The third-order valence-electron chi connectivity index (χ3n) is 4.27. The number of hydrogen-bond donors (Lipinski definition) is 2. The minimum Gasteiger partial charge on any atom is -0.373 e. The highest BCUT2D eigenvalue weighted by Gasteiger charge is 2.34. The summed E-state index contributed by atoms with van der Waals surface area (Å²) >= 11 is 6.56. The average Bonchev–Trinajstić information content (AvgIpc) is 3.25. The smallest absolute Gasteiger partial charge is 0.373 e. The summed E-state index contributed by atoms with van der Waals surface area (Å²) in [6.45, 7) is 1.77. The van der Waals surface area contributed by atoms with Crippen LogP contribution in [0, 0.1) is 0 Å². The molecule has 0 aliphatic carbocycles. The van der Waals surface area contributed by atoms with E-state index in [0.717, 1.165) is 17.5 Å². The van der Waals surface area contributed by atoms with Gasteiger partial charge in [-0.15, -0.1) is 11.3 Å². The maximum absolute atomic E-state index is 13.0. The third-order valence-corrected chi connectivity index (χ3v) is 5.80. The first-order valence-electron chi connectivity index (χ1n) is 9.11. The standard InChI is InChI=1S/C19H16ClF3N6O2S/c1-9(3-13(30)12-5-15(24-2)28-8-27-12)18-26-7-14(32-18)17(31)29-16-4-10(19(21,22)23)11(20)6-25-16/h4-9H,3H2,1-2H3,(H,24,27,28)(H,25,29,31). The van der Waals surface area contributed by atoms with Crippen molar-refractivity contribution >= 4 is 46.3 Å². The lowest BCUT2D eigenvalue weighted by atomic mass is 10.0. The lowest BCUT2D eigenvalue weighted by Gasteiger charge is -2.10. The van der Waals surface area contributed by atoms with Crippen LogP contribution in [-0.4, -0.2) is 38.7 Å². The van der Waals surface area contributed by atoms with Gasteiger partial charge in [0.05, 0.1) is 21.8 Å². The van der Waals surface area contributed by atoms with Gasteiger partial charge in [-0.25, -0.2) is 19.9 Å². The first-order valence-corrected chi connectivity index (χ1v) is 10.3. The minimum absolute atomic E-state index is 0.0996. The summed E-state index contributed by atoms with van der Waals surface area (Å²) in [5.41, 5.74) is -0.854. The number of rotatable bonds is 7. The molecule has 32 heavy (non-hydrogen) atoms. The fourth-order valence-corrected chi connectivity index (χ4v) is 3.71. The molecule has 0 aliphatic heterocycles. The van der Waals surface area contributed by atoms with Gasteiger partial charge in [0.1, 0.15) is 28.5 Å². The molecule has 3 aromatic rings. The van der Waals surface area contributed by atoms with Crippen LogP contribution in [0.3, 0.4) is 0 Å². The maximum atomic E-state index is 13.0. The highest BCUT2D eigenvalue weighted by Crippen LogP contribution is 2.35. The van der Waals surface area contributed by atoms with Gasteiger partial charge in [0, 0.05) is 31.6 Å². The van der Waals surface area contributed by atoms with Crippen molar-refractivity contribution in [2.24, 2.45) is 0 Å². The largest absolute Gasteiger partial charge is 0.418 e. The predicted octanol–water partition coefficient (Wildman–Crippen LogP) is 4.67. The molecule has 0 saturated heterocycles. The second-order valence-electron chi connectivity index (χ2n) is 6.63. The third kappa shape index (κ3) is 5.56. The van der Waals surface area contributed by atoms with Crippen LogP contribution < -0.4 is 10.6 Å². The fraction of sp³-hybridized carbons (Fsp3) is 0.263. The summed E-state index contributed by atoms with van der Waals surface area (Å²) in [5.74, 6) is -0.998. The van der Waals surface area contributed by atoms with E-state index in [1.807, 2.05) is 0 Å². The molecule has 1 amide bonds. The van der Waals surface area contributed by atoms with Crippen LogP contribution >= 0.6 is 22.9 Å². The van der Waals surface area contributed by atoms with Gasteiger partial charge in [-0.3, -0.25) is 9.59 Å². The van der Waals surface area contributed by atoms with Crippen molar-refractivity contribution in [1.29, 1.82) is 0 Å². The number of hydrogen-bond acceptors (Lipinski definition) is 8. The van der Waals surface area contributed by atoms with Crippen LogP contribution in [0.5, 0.6) is 0 Å². The zero-order valence-corrected chi connectivity index (χ0v) is 18.3. The molecule has 0 aliphatic rings. The van der Waals surface area contributed by atoms with E-state index in [2.05, 4.69) is 30.6 Å². The first-order chi connectivity index (χ1) is 15.1. The molecule has 2 N–H and O–H groups in total. The molecule has 0 aromatic carbocycles. The molecule has 0 fully saturated rings. The Morgan fingerprint density at radius 1 is 1.12 bits per heavy atom. The Morgan fingerprint density at radius 3 is 2.56 bits per heavy atom. The van der Waals surface area contributed by atoms with Crippen molar-refractivity contribution in [3.63, 3.8) is 0 Å². The van der Waals surface area contributed by atoms with Crippen LogP contribution in [0.1, 0.15) is 50.0 Å². The molecule has 1 unspecified atom stereocenters. The Kier molecular flexibility index (Phi) is 7.04. The van der Waals surface area contributed by atoms with Gasteiger partial charge in [-0.1, -0.05) is 18.5 Å². The normalized spacial score (nSPS) is 12.3. The van der Waals surface area contributed by atoms with Gasteiger partial charge in [0.2, 0.25) is 0 Å². The van der Waals surface area contributed by atoms with Gasteiger partial charge in [0.25, 0.3) is 5.91 Å². The summed E-state index contributed by atoms with van der Waals surface area (Å²) in [4.78, 5) is 40.9. The van der Waals surface area contributed by atoms with Gasteiger partial charge >= 0.3 is 6.18 Å². The van der Waals surface area contributed by atoms with E-state index in [9.17, 15) is 22.8 Å². The molecule has 13 heteroatoms. The SMILES string of the molecule is CNc1cc(C(=O)CC(C)c2ncc(C(=O)Nc3cc(C(F)(F)F)c(Cl)cn3)s2)ncn1. The molecule has 0 radical (unpaired) electrons. The van der Waals surface area contributed by atoms with E-state index >= 15 is 0 Å². The van der Waals surface area contributed by atoms with Crippen molar-refractivity contribution < 1.29 is 22.8 Å². The summed E-state index contributed by atoms with van der Waals surface area (Å²) in [6, 6.07) is 2.19. The molecule has 3 aromatic heterocycles. The van der Waals surface area contributed by atoms with Crippen molar-refractivity contribution in [3.8, 4) is 0 Å². The fourth-order valence-electron chi connectivity index (χ4n) is 2.64. The number of carbonyl (C=O) groups excluding carboxylic acids is 2. The number of pyridine rings is 1. The summed E-state index contributed by atoms with van der Waals surface area (Å²) < 4.78 is 38.9. The van der Waals surface area contributed by atoms with E-state index < -0.39 is 22.7 Å². The van der Waals surface area contributed by atoms with Crippen molar-refractivity contribution in [3.05, 3.63) is 57.0 Å². The van der Waals surface area contributed by atoms with Crippen molar-refractivity contribution in [2.75, 3.05) is 17.7 Å². The van der Waals surface area contributed by atoms with Crippen molar-refractivity contribution in [1.82, 2.24) is 19.9 Å². The van der Waals surface area contributed by atoms with E-state index in [-0.39, 0.29) is 34.5 Å². The molecule has 8 nitrogen and oxygen atoms in total. The molecule has 1 atom stereocenters. The van der Waals surface area contributed by atoms with E-state index in [0.29, 0.717) is 16.9 Å². The molecular formula is C19H16ClF3N6O2S. The lowest BCUT2D eigenvalue weighted by Crippen LogP contribution is -2.13. The molecule has 3 heterocycles. The van der Waals surface area contributed by atoms with Gasteiger partial charge in [0.15, 0.2) is 5.78 Å². The highest BCUT2D eigenvalue weighted by molar-refractivity contribution is 7.13. The minimum atomic E-state index is -4.68. The Morgan fingerprint density at radius 2 is 1.88 bits per heavy atom. The number of nitrogens with one attached hydrogen (secondary N) is 2. The second kappa shape index (κ2) is 9.57. The topological polar surface area (TPSA) is 110 Å². The van der Waals surface area contributed by atoms with Crippen LogP contribution in [-0.2, 0) is 6.18 Å². The van der Waals surface area contributed by atoms with E-state index in [4.69, 9.17) is 11.6 Å². The lowest BCUT2D eigenvalue weighted by molar-refractivity contribution is -0.137. The Hall–Kier alpha value is -3.12. The summed E-state index contributed by atoms with van der Waals surface area (Å²) in [7, 11) is 1.67. The maximum Gasteiger partial charge on any atom is 0.418 e. The number of Topliss-reactive ketones (excluding diaryl/α,β-unsaturated/α-hetero) is 1. The number of ketones is 1. The van der Waals surface area contributed by atoms with Gasteiger partial charge < -0.3 is 10.6 Å². The number of alkyl halides is 3. The molecule has 168 valence electrons. The predicted molar refractivity (Wildman–Crippen MR) is 113 cm³/mol. The molecule has 0 saturated carbocycles. The quantitative estimate of drug-likeness (QED) is 0.469. The zero-order chi connectivity index (χ0) is 23.5. The van der Waals surface area contributed by atoms with Gasteiger partial charge in [-0.2, -0.15) is 13.2 Å².